The van der Waals surface area contributed by atoms with Gasteiger partial charge in [0.05, 0.1) is 25.4 Å². The van der Waals surface area contributed by atoms with Crippen LogP contribution in [0.4, 0.5) is 0 Å². The average Bonchev–Trinajstić information content (AvgIpc) is 2.55. The minimum atomic E-state index is -0.240. The Hall–Kier alpha value is -2.37. The number of ether oxygens (including phenoxy) is 2. The van der Waals surface area contributed by atoms with Gasteiger partial charge in [-0.05, 0) is 12.1 Å². The molecule has 0 heterocycles. The lowest BCUT2D eigenvalue weighted by atomic mass is 10.0. The number of phenols is 1. The zero-order valence-electron chi connectivity index (χ0n) is 12.1. The Bertz CT molecular complexity index is 610. The van der Waals surface area contributed by atoms with Gasteiger partial charge in [-0.1, -0.05) is 30.3 Å². The van der Waals surface area contributed by atoms with Gasteiger partial charge in [-0.25, -0.2) is 0 Å². The molecule has 0 unspecified atom stereocenters. The Morgan fingerprint density at radius 2 is 1.77 bits per heavy atom. The van der Waals surface area contributed by atoms with E-state index in [1.54, 1.807) is 30.3 Å². The molecule has 0 saturated heterocycles. The molecule has 0 aliphatic rings. The standard InChI is InChI=1S/C17H18O5/c18-8-9-21-10-11-22-14-6-7-15(16(19)12-14)17(20)13-4-2-1-3-5-13/h1-7,12,18-19H,8-11H2. The number of phenolic OH excluding ortho intramolecular Hbond substituents is 1. The van der Waals surface area contributed by atoms with E-state index in [0.29, 0.717) is 24.5 Å². The fraction of sp³-hybridized carbons (Fsp3) is 0.235. The van der Waals surface area contributed by atoms with E-state index in [9.17, 15) is 9.90 Å². The molecule has 22 heavy (non-hydrogen) atoms. The van der Waals surface area contributed by atoms with Crippen LogP contribution >= 0.6 is 0 Å². The highest BCUT2D eigenvalue weighted by Crippen LogP contribution is 2.25. The average molecular weight is 302 g/mol. The molecule has 0 aromatic heterocycles. The zero-order chi connectivity index (χ0) is 15.8. The summed E-state index contributed by atoms with van der Waals surface area (Å²) in [4.78, 5) is 12.3. The molecule has 0 aliphatic heterocycles. The van der Waals surface area contributed by atoms with E-state index in [-0.39, 0.29) is 30.3 Å². The summed E-state index contributed by atoms with van der Waals surface area (Å²) in [6.07, 6.45) is 0. The number of ketones is 1. The van der Waals surface area contributed by atoms with Crippen LogP contribution in [0.25, 0.3) is 0 Å². The van der Waals surface area contributed by atoms with Gasteiger partial charge in [-0.2, -0.15) is 0 Å². The van der Waals surface area contributed by atoms with Crippen molar-refractivity contribution < 1.29 is 24.5 Å². The number of aliphatic hydroxyl groups excluding tert-OH is 1. The zero-order valence-corrected chi connectivity index (χ0v) is 12.1. The van der Waals surface area contributed by atoms with Crippen LogP contribution in [-0.4, -0.2) is 42.4 Å². The third kappa shape index (κ3) is 4.31. The van der Waals surface area contributed by atoms with Crippen molar-refractivity contribution in [1.82, 2.24) is 0 Å². The molecule has 0 spiro atoms. The second-order valence-corrected chi connectivity index (χ2v) is 4.56. The summed E-state index contributed by atoms with van der Waals surface area (Å²) < 4.78 is 10.5. The number of rotatable bonds is 8. The van der Waals surface area contributed by atoms with Gasteiger partial charge < -0.3 is 19.7 Å². The summed E-state index contributed by atoms with van der Waals surface area (Å²) in [7, 11) is 0. The van der Waals surface area contributed by atoms with Gasteiger partial charge in [0.2, 0.25) is 0 Å². The van der Waals surface area contributed by atoms with Crippen LogP contribution in [0.5, 0.6) is 11.5 Å². The predicted molar refractivity (Wildman–Crippen MR) is 81.4 cm³/mol. The van der Waals surface area contributed by atoms with Crippen LogP contribution in [0.1, 0.15) is 15.9 Å². The van der Waals surface area contributed by atoms with E-state index < -0.39 is 0 Å². The quantitative estimate of drug-likeness (QED) is 0.576. The molecule has 0 radical (unpaired) electrons. The predicted octanol–water partition coefficient (Wildman–Crippen LogP) is 2.01. The molecular formula is C17H18O5. The molecule has 2 N–H and O–H groups in total. The molecule has 2 aromatic carbocycles. The Labute approximate surface area is 128 Å². The van der Waals surface area contributed by atoms with Crippen molar-refractivity contribution >= 4 is 5.78 Å². The Kier molecular flexibility index (Phi) is 5.94. The first-order valence-corrected chi connectivity index (χ1v) is 6.96. The number of aromatic hydroxyl groups is 1. The van der Waals surface area contributed by atoms with Crippen molar-refractivity contribution in [3.8, 4) is 11.5 Å². The largest absolute Gasteiger partial charge is 0.507 e. The second kappa shape index (κ2) is 8.17. The Balaban J connectivity index is 1.99. The highest BCUT2D eigenvalue weighted by Gasteiger charge is 2.13. The van der Waals surface area contributed by atoms with E-state index in [1.165, 1.54) is 12.1 Å². The lowest BCUT2D eigenvalue weighted by molar-refractivity contribution is 0.0704. The van der Waals surface area contributed by atoms with E-state index in [4.69, 9.17) is 14.6 Å². The normalized spacial score (nSPS) is 10.4. The highest BCUT2D eigenvalue weighted by atomic mass is 16.5. The molecular weight excluding hydrogens is 284 g/mol. The first kappa shape index (κ1) is 16.0. The van der Waals surface area contributed by atoms with Crippen molar-refractivity contribution in [3.63, 3.8) is 0 Å². The minimum absolute atomic E-state index is 0.0307. The Morgan fingerprint density at radius 1 is 1.00 bits per heavy atom. The van der Waals surface area contributed by atoms with Crippen LogP contribution in [0.3, 0.4) is 0 Å². The van der Waals surface area contributed by atoms with E-state index in [2.05, 4.69) is 0 Å². The van der Waals surface area contributed by atoms with Crippen molar-refractivity contribution in [2.45, 2.75) is 0 Å². The number of aliphatic hydroxyl groups is 1. The van der Waals surface area contributed by atoms with E-state index in [1.807, 2.05) is 6.07 Å². The smallest absolute Gasteiger partial charge is 0.196 e. The molecule has 0 amide bonds. The molecule has 5 heteroatoms. The van der Waals surface area contributed by atoms with Crippen LogP contribution in [0, 0.1) is 0 Å². The summed E-state index contributed by atoms with van der Waals surface area (Å²) in [6, 6.07) is 13.3. The summed E-state index contributed by atoms with van der Waals surface area (Å²) in [5.74, 6) is 0.0910. The van der Waals surface area contributed by atoms with Crippen molar-refractivity contribution in [1.29, 1.82) is 0 Å². The third-order valence-electron chi connectivity index (χ3n) is 2.98. The van der Waals surface area contributed by atoms with Gasteiger partial charge >= 0.3 is 0 Å². The second-order valence-electron chi connectivity index (χ2n) is 4.56. The van der Waals surface area contributed by atoms with Crippen molar-refractivity contribution in [2.75, 3.05) is 26.4 Å². The molecule has 116 valence electrons. The molecule has 0 atom stereocenters. The number of hydrogen-bond donors (Lipinski definition) is 2. The summed E-state index contributed by atoms with van der Waals surface area (Å²) >= 11 is 0. The van der Waals surface area contributed by atoms with Gasteiger partial charge in [0.1, 0.15) is 18.1 Å². The van der Waals surface area contributed by atoms with Gasteiger partial charge in [0, 0.05) is 11.6 Å². The monoisotopic (exact) mass is 302 g/mol. The first-order valence-electron chi connectivity index (χ1n) is 6.96. The lowest BCUT2D eigenvalue weighted by Gasteiger charge is -2.09. The summed E-state index contributed by atoms with van der Waals surface area (Å²) in [6.45, 7) is 0.869. The molecule has 2 aromatic rings. The lowest BCUT2D eigenvalue weighted by Crippen LogP contribution is -2.09. The van der Waals surface area contributed by atoms with Gasteiger partial charge in [0.15, 0.2) is 5.78 Å². The van der Waals surface area contributed by atoms with Crippen LogP contribution < -0.4 is 4.74 Å². The highest BCUT2D eigenvalue weighted by molar-refractivity contribution is 6.10. The van der Waals surface area contributed by atoms with Gasteiger partial charge in [-0.3, -0.25) is 4.79 Å². The molecule has 2 rings (SSSR count). The molecule has 0 bridgehead atoms. The molecule has 0 saturated carbocycles. The van der Waals surface area contributed by atoms with Gasteiger partial charge in [-0.15, -0.1) is 0 Å². The van der Waals surface area contributed by atoms with Crippen LogP contribution in [-0.2, 0) is 4.74 Å². The van der Waals surface area contributed by atoms with E-state index in [0.717, 1.165) is 0 Å². The van der Waals surface area contributed by atoms with Crippen molar-refractivity contribution in [3.05, 3.63) is 59.7 Å². The molecule has 0 fully saturated rings. The number of hydrogen-bond acceptors (Lipinski definition) is 5. The fourth-order valence-corrected chi connectivity index (χ4v) is 1.92. The summed E-state index contributed by atoms with van der Waals surface area (Å²) in [5.41, 5.74) is 0.749. The number of carbonyl (C=O) groups excluding carboxylic acids is 1. The van der Waals surface area contributed by atoms with E-state index >= 15 is 0 Å². The van der Waals surface area contributed by atoms with Gasteiger partial charge in [0.25, 0.3) is 0 Å². The molecule has 0 aliphatic carbocycles. The maximum Gasteiger partial charge on any atom is 0.196 e. The summed E-state index contributed by atoms with van der Waals surface area (Å²) in [5, 5.41) is 18.6. The number of carbonyl (C=O) groups is 1. The van der Waals surface area contributed by atoms with Crippen LogP contribution in [0.15, 0.2) is 48.5 Å². The fourth-order valence-electron chi connectivity index (χ4n) is 1.92. The maximum absolute atomic E-state index is 12.3. The molecule has 5 nitrogen and oxygen atoms in total. The third-order valence-corrected chi connectivity index (χ3v) is 2.98. The topological polar surface area (TPSA) is 76.0 Å². The van der Waals surface area contributed by atoms with Crippen molar-refractivity contribution in [2.24, 2.45) is 0 Å². The number of benzene rings is 2. The maximum atomic E-state index is 12.3. The first-order chi connectivity index (χ1) is 10.7. The minimum Gasteiger partial charge on any atom is -0.507 e. The Morgan fingerprint density at radius 3 is 2.45 bits per heavy atom. The van der Waals surface area contributed by atoms with Crippen LogP contribution in [0.2, 0.25) is 0 Å². The SMILES string of the molecule is O=C(c1ccccc1)c1ccc(OCCOCCO)cc1O.